The smallest absolute Gasteiger partial charge is 0.306 e. The third-order valence-electron chi connectivity index (χ3n) is 1.37. The Morgan fingerprint density at radius 1 is 1.36 bits per heavy atom. The van der Waals surface area contributed by atoms with Crippen molar-refractivity contribution in [2.45, 2.75) is 4.55 Å². The Morgan fingerprint density at radius 2 is 2.09 bits per heavy atom. The van der Waals surface area contributed by atoms with Gasteiger partial charge in [0, 0.05) is 0 Å². The van der Waals surface area contributed by atoms with Crippen LogP contribution in [0.15, 0.2) is 18.2 Å². The second-order valence-corrected chi connectivity index (χ2v) is 5.43. The van der Waals surface area contributed by atoms with E-state index in [0.29, 0.717) is 10.1 Å². The highest BCUT2D eigenvalue weighted by molar-refractivity contribution is 9.23. The standard InChI is InChI=1S/C7H5F2.BrH.Mg/c1-5-4-6(8)2-3-7(5)9;;/h2-4H,1H2;1H;/q;;+1/p-1. The van der Waals surface area contributed by atoms with E-state index in [4.69, 9.17) is 0 Å². The summed E-state index contributed by atoms with van der Waals surface area (Å²) in [5.74, 6) is -0.672. The van der Waals surface area contributed by atoms with Gasteiger partial charge in [-0.2, -0.15) is 0 Å². The Morgan fingerprint density at radius 3 is 2.73 bits per heavy atom. The van der Waals surface area contributed by atoms with Crippen molar-refractivity contribution < 1.29 is 8.78 Å². The molecule has 0 spiro atoms. The molecule has 0 heterocycles. The highest BCUT2D eigenvalue weighted by Gasteiger charge is 2.03. The topological polar surface area (TPSA) is 0 Å². The monoisotopic (exact) mass is 230 g/mol. The zero-order valence-electron chi connectivity index (χ0n) is 5.78. The maximum absolute atomic E-state index is 12.8. The summed E-state index contributed by atoms with van der Waals surface area (Å²) in [5.41, 5.74) is 0.480. The first-order valence-electron chi connectivity index (χ1n) is 3.24. The number of benzene rings is 1. The molecule has 0 atom stereocenters. The zero-order chi connectivity index (χ0) is 8.27. The van der Waals surface area contributed by atoms with E-state index in [1.54, 1.807) is 0 Å². The lowest BCUT2D eigenvalue weighted by atomic mass is 10.2. The molecule has 0 radical (unpaired) electrons. The zero-order valence-corrected chi connectivity index (χ0v) is 8.78. The maximum Gasteiger partial charge on any atom is 0.473 e. The Balaban J connectivity index is 2.93. The first kappa shape index (κ1) is 9.41. The van der Waals surface area contributed by atoms with Gasteiger partial charge in [0.1, 0.15) is 11.6 Å². The van der Waals surface area contributed by atoms with Gasteiger partial charge in [-0.25, -0.2) is 8.78 Å². The predicted molar refractivity (Wildman–Crippen MR) is 44.7 cm³/mol. The van der Waals surface area contributed by atoms with Gasteiger partial charge in [-0.15, -0.1) is 4.55 Å². The molecule has 0 aliphatic heterocycles. The van der Waals surface area contributed by atoms with Crippen molar-refractivity contribution in [3.05, 3.63) is 35.4 Å². The quantitative estimate of drug-likeness (QED) is 0.686. The molecule has 0 saturated carbocycles. The van der Waals surface area contributed by atoms with Crippen molar-refractivity contribution in [3.8, 4) is 0 Å². The molecule has 4 heteroatoms. The maximum atomic E-state index is 12.8. The summed E-state index contributed by atoms with van der Waals surface area (Å²) in [6.07, 6.45) is 0. The molecular weight excluding hydrogens is 226 g/mol. The van der Waals surface area contributed by atoms with Crippen LogP contribution >= 0.6 is 12.9 Å². The number of hydrogen-bond donors (Lipinski definition) is 0. The van der Waals surface area contributed by atoms with Crippen molar-refractivity contribution >= 4 is 31.1 Å². The minimum absolute atomic E-state index is 0.307. The average molecular weight is 231 g/mol. The molecule has 0 bridgehead atoms. The molecule has 0 N–H and O–H groups in total. The second-order valence-electron chi connectivity index (χ2n) is 2.17. The van der Waals surface area contributed by atoms with Crippen LogP contribution in [0.2, 0.25) is 0 Å². The fraction of sp³-hybridized carbons (Fsp3) is 0.143. The summed E-state index contributed by atoms with van der Waals surface area (Å²) >= 11 is 2.88. The molecule has 0 aromatic heterocycles. The van der Waals surface area contributed by atoms with Gasteiger partial charge in [0.25, 0.3) is 0 Å². The predicted octanol–water partition coefficient (Wildman–Crippen LogP) is 2.48. The van der Waals surface area contributed by atoms with E-state index in [1.165, 1.54) is 12.1 Å². The molecule has 0 aliphatic rings. The molecule has 11 heavy (non-hydrogen) atoms. The minimum Gasteiger partial charge on any atom is -0.306 e. The Kier molecular flexibility index (Phi) is 3.75. The lowest BCUT2D eigenvalue weighted by Gasteiger charge is -1.98. The fourth-order valence-corrected chi connectivity index (χ4v) is 2.70. The van der Waals surface area contributed by atoms with E-state index in [0.717, 1.165) is 6.07 Å². The molecule has 1 aromatic carbocycles. The van der Waals surface area contributed by atoms with E-state index in [1.807, 2.05) is 0 Å². The Labute approximate surface area is 79.6 Å². The van der Waals surface area contributed by atoms with Crippen molar-refractivity contribution in [2.75, 3.05) is 0 Å². The fourth-order valence-electron chi connectivity index (χ4n) is 0.837. The molecule has 56 valence electrons. The lowest BCUT2D eigenvalue weighted by molar-refractivity contribution is 0.591. The van der Waals surface area contributed by atoms with Gasteiger partial charge in [-0.3, -0.25) is 0 Å². The van der Waals surface area contributed by atoms with E-state index in [9.17, 15) is 8.78 Å². The van der Waals surface area contributed by atoms with E-state index in [2.05, 4.69) is 12.9 Å². The van der Waals surface area contributed by atoms with Crippen LogP contribution in [0.1, 0.15) is 5.56 Å². The molecule has 1 aromatic rings. The molecule has 1 rings (SSSR count). The second kappa shape index (κ2) is 4.38. The van der Waals surface area contributed by atoms with E-state index in [-0.39, 0.29) is 11.6 Å². The average Bonchev–Trinajstić information content (AvgIpc) is 1.98. The van der Waals surface area contributed by atoms with Gasteiger partial charge < -0.3 is 12.9 Å². The van der Waals surface area contributed by atoms with E-state index >= 15 is 0 Å². The molecule has 0 nitrogen and oxygen atoms in total. The number of halogens is 3. The summed E-state index contributed by atoms with van der Waals surface area (Å²) in [4.78, 5) is 0. The molecule has 0 fully saturated rings. The van der Waals surface area contributed by atoms with Crippen LogP contribution in [-0.2, 0) is 4.55 Å². The molecule has 0 amide bonds. The number of rotatable bonds is 2. The van der Waals surface area contributed by atoms with Crippen molar-refractivity contribution in [2.24, 2.45) is 0 Å². The van der Waals surface area contributed by atoms with Crippen LogP contribution in [0.25, 0.3) is 0 Å². The van der Waals surface area contributed by atoms with Crippen LogP contribution in [0.3, 0.4) is 0 Å². The summed E-state index contributed by atoms with van der Waals surface area (Å²) in [7, 11) is 0. The van der Waals surface area contributed by atoms with Crippen molar-refractivity contribution in [1.82, 2.24) is 0 Å². The van der Waals surface area contributed by atoms with Gasteiger partial charge >= 0.3 is 18.2 Å². The first-order valence-corrected chi connectivity index (χ1v) is 8.14. The molecule has 0 saturated heterocycles. The Bertz CT molecular complexity index is 252. The van der Waals surface area contributed by atoms with E-state index < -0.39 is 18.2 Å². The summed E-state index contributed by atoms with van der Waals surface area (Å²) in [6.45, 7) is 0. The highest BCUT2D eigenvalue weighted by Crippen LogP contribution is 2.10. The summed E-state index contributed by atoms with van der Waals surface area (Å²) in [6, 6.07) is 3.56. The largest absolute Gasteiger partial charge is 0.473 e. The van der Waals surface area contributed by atoms with Crippen LogP contribution in [0.5, 0.6) is 0 Å². The van der Waals surface area contributed by atoms with Gasteiger partial charge in [0.2, 0.25) is 0 Å². The lowest BCUT2D eigenvalue weighted by Crippen LogP contribution is -1.94. The minimum atomic E-state index is -0.416. The van der Waals surface area contributed by atoms with Crippen LogP contribution in [0, 0.1) is 11.6 Å². The molecular formula is C7H5BrF2Mg. The van der Waals surface area contributed by atoms with Gasteiger partial charge in [0.15, 0.2) is 0 Å². The van der Waals surface area contributed by atoms with Crippen LogP contribution < -0.4 is 0 Å². The van der Waals surface area contributed by atoms with Crippen molar-refractivity contribution in [1.29, 1.82) is 0 Å². The molecule has 0 aliphatic carbocycles. The summed E-state index contributed by atoms with van der Waals surface area (Å²) < 4.78 is 26.0. The highest BCUT2D eigenvalue weighted by atomic mass is 79.9. The normalized spacial score (nSPS) is 9.36. The SMILES string of the molecule is Fc1ccc(F)c([CH2][Mg][Br])c1. The van der Waals surface area contributed by atoms with Crippen LogP contribution in [0.4, 0.5) is 8.78 Å². The number of hydrogen-bond acceptors (Lipinski definition) is 0. The first-order chi connectivity index (χ1) is 5.24. The van der Waals surface area contributed by atoms with Gasteiger partial charge in [0.05, 0.1) is 0 Å². The Hall–Kier alpha value is 0.326. The third kappa shape index (κ3) is 2.69. The van der Waals surface area contributed by atoms with Gasteiger partial charge in [-0.05, 0) is 23.8 Å². The van der Waals surface area contributed by atoms with Crippen molar-refractivity contribution in [3.63, 3.8) is 0 Å². The van der Waals surface area contributed by atoms with Crippen LogP contribution in [-0.4, -0.2) is 18.2 Å². The summed E-state index contributed by atoms with van der Waals surface area (Å²) in [5, 5.41) is 0. The van der Waals surface area contributed by atoms with Gasteiger partial charge in [-0.1, -0.05) is 0 Å². The molecule has 0 unspecified atom stereocenters. The third-order valence-corrected chi connectivity index (χ3v) is 3.29.